The van der Waals surface area contributed by atoms with E-state index in [-0.39, 0.29) is 25.1 Å². The number of aliphatic hydroxyl groups excluding tert-OH is 2. The van der Waals surface area contributed by atoms with Crippen LogP contribution in [0.5, 0.6) is 0 Å². The van der Waals surface area contributed by atoms with Gasteiger partial charge in [-0.25, -0.2) is 13.2 Å². The van der Waals surface area contributed by atoms with Gasteiger partial charge in [-0.3, -0.25) is 9.67 Å². The zero-order valence-electron chi connectivity index (χ0n) is 20.3. The first-order chi connectivity index (χ1) is 17.8. The average molecular weight is 512 g/mol. The standard InChI is InChI=1S/C27H28F3N5O2/c1-34-23-11-21(28)20(9-18(23)13-33-34)22-10-19(15-36)24(14-31-22)35-8-7-27(16-35,25(37)26(29)30)32-12-17-5-3-2-4-6-17/h2-6,9-11,13-14,25-26,32,36-37H,7-8,12,15-16H2,1H3/t25-,27-/m1/s1. The van der Waals surface area contributed by atoms with Crippen LogP contribution in [-0.4, -0.2) is 56.1 Å². The van der Waals surface area contributed by atoms with Gasteiger partial charge in [0.15, 0.2) is 0 Å². The predicted octanol–water partition coefficient (Wildman–Crippen LogP) is 3.63. The van der Waals surface area contributed by atoms with E-state index < -0.39 is 23.9 Å². The molecule has 2 atom stereocenters. The van der Waals surface area contributed by atoms with Crippen LogP contribution in [0.2, 0.25) is 0 Å². The summed E-state index contributed by atoms with van der Waals surface area (Å²) in [5.41, 5.74) is 1.96. The Morgan fingerprint density at radius 2 is 1.92 bits per heavy atom. The number of benzene rings is 2. The number of fused-ring (bicyclic) bond motifs is 1. The number of pyridine rings is 1. The van der Waals surface area contributed by atoms with Gasteiger partial charge >= 0.3 is 0 Å². The molecule has 2 aromatic heterocycles. The van der Waals surface area contributed by atoms with Gasteiger partial charge in [0.05, 0.1) is 41.4 Å². The molecule has 0 unspecified atom stereocenters. The summed E-state index contributed by atoms with van der Waals surface area (Å²) in [4.78, 5) is 6.27. The van der Waals surface area contributed by atoms with Gasteiger partial charge in [0.2, 0.25) is 0 Å². The molecule has 0 bridgehead atoms. The molecule has 4 aromatic rings. The minimum atomic E-state index is -2.92. The molecular formula is C27H28F3N5O2. The summed E-state index contributed by atoms with van der Waals surface area (Å²) in [5.74, 6) is -0.467. The summed E-state index contributed by atoms with van der Waals surface area (Å²) >= 11 is 0. The molecule has 7 nitrogen and oxygen atoms in total. The molecule has 37 heavy (non-hydrogen) atoms. The first-order valence-corrected chi connectivity index (χ1v) is 12.0. The van der Waals surface area contributed by atoms with Gasteiger partial charge in [-0.2, -0.15) is 5.10 Å². The van der Waals surface area contributed by atoms with Crippen molar-refractivity contribution in [1.82, 2.24) is 20.1 Å². The number of nitrogens with one attached hydrogen (secondary N) is 1. The van der Waals surface area contributed by atoms with Crippen molar-refractivity contribution in [3.8, 4) is 11.3 Å². The summed E-state index contributed by atoms with van der Waals surface area (Å²) in [6, 6.07) is 14.0. The number of hydrogen-bond donors (Lipinski definition) is 3. The van der Waals surface area contributed by atoms with E-state index in [2.05, 4.69) is 15.4 Å². The van der Waals surface area contributed by atoms with Crippen molar-refractivity contribution in [2.75, 3.05) is 18.0 Å². The lowest BCUT2D eigenvalue weighted by Crippen LogP contribution is -2.58. The van der Waals surface area contributed by atoms with Crippen LogP contribution in [0.15, 0.2) is 60.9 Å². The number of aliphatic hydroxyl groups is 2. The van der Waals surface area contributed by atoms with E-state index in [0.717, 1.165) is 10.9 Å². The molecule has 1 aliphatic rings. The maximum absolute atomic E-state index is 14.9. The Kier molecular flexibility index (Phi) is 6.89. The topological polar surface area (TPSA) is 86.4 Å². The smallest absolute Gasteiger partial charge is 0.265 e. The Labute approximate surface area is 212 Å². The average Bonchev–Trinajstić information content (AvgIpc) is 3.51. The first kappa shape index (κ1) is 25.2. The predicted molar refractivity (Wildman–Crippen MR) is 135 cm³/mol. The van der Waals surface area contributed by atoms with Crippen molar-refractivity contribution >= 4 is 16.6 Å². The third-order valence-corrected chi connectivity index (χ3v) is 7.18. The molecule has 0 saturated carbocycles. The molecule has 3 N–H and O–H groups in total. The number of anilines is 1. The van der Waals surface area contributed by atoms with Crippen LogP contribution in [-0.2, 0) is 20.2 Å². The van der Waals surface area contributed by atoms with Crippen LogP contribution >= 0.6 is 0 Å². The summed E-state index contributed by atoms with van der Waals surface area (Å²) in [6.45, 7) is 0.434. The van der Waals surface area contributed by atoms with Crippen molar-refractivity contribution in [2.45, 2.75) is 37.6 Å². The van der Waals surface area contributed by atoms with Crippen LogP contribution in [0.3, 0.4) is 0 Å². The molecule has 1 fully saturated rings. The number of alkyl halides is 2. The number of aromatic nitrogens is 3. The SMILES string of the molecule is Cn1ncc2cc(-c3cc(CO)c(N4CC[C@](NCc5ccccc5)([C@H](O)C(F)F)C4)cn3)c(F)cc21. The Morgan fingerprint density at radius 1 is 1.14 bits per heavy atom. The highest BCUT2D eigenvalue weighted by molar-refractivity contribution is 5.84. The molecule has 0 aliphatic carbocycles. The highest BCUT2D eigenvalue weighted by atomic mass is 19.3. The lowest BCUT2D eigenvalue weighted by atomic mass is 9.90. The molecule has 10 heteroatoms. The number of nitrogens with zero attached hydrogens (tertiary/aromatic N) is 4. The molecule has 3 heterocycles. The van der Waals surface area contributed by atoms with Gasteiger partial charge in [-0.15, -0.1) is 0 Å². The Balaban J connectivity index is 1.43. The second kappa shape index (κ2) is 10.1. The largest absolute Gasteiger partial charge is 0.392 e. The highest BCUT2D eigenvalue weighted by Crippen LogP contribution is 2.35. The molecule has 0 amide bonds. The maximum atomic E-state index is 14.9. The van der Waals surface area contributed by atoms with Crippen molar-refractivity contribution in [1.29, 1.82) is 0 Å². The summed E-state index contributed by atoms with van der Waals surface area (Å²) in [6.07, 6.45) is -1.38. The zero-order valence-corrected chi connectivity index (χ0v) is 20.3. The van der Waals surface area contributed by atoms with Gasteiger partial charge in [-0.05, 0) is 24.1 Å². The van der Waals surface area contributed by atoms with Gasteiger partial charge in [0.25, 0.3) is 6.43 Å². The Hall–Kier alpha value is -3.47. The number of halogens is 3. The molecular weight excluding hydrogens is 483 g/mol. The van der Waals surface area contributed by atoms with E-state index in [4.69, 9.17) is 0 Å². The molecule has 1 aliphatic heterocycles. The van der Waals surface area contributed by atoms with E-state index >= 15 is 0 Å². The fraction of sp³-hybridized carbons (Fsp3) is 0.333. The maximum Gasteiger partial charge on any atom is 0.265 e. The van der Waals surface area contributed by atoms with E-state index in [1.807, 2.05) is 35.2 Å². The lowest BCUT2D eigenvalue weighted by molar-refractivity contribution is -0.0555. The van der Waals surface area contributed by atoms with Gasteiger partial charge in [0.1, 0.15) is 11.9 Å². The number of aryl methyl sites for hydroxylation is 1. The molecule has 5 rings (SSSR count). The minimum Gasteiger partial charge on any atom is -0.392 e. The van der Waals surface area contributed by atoms with E-state index in [1.165, 1.54) is 12.3 Å². The number of hydrogen-bond acceptors (Lipinski definition) is 6. The van der Waals surface area contributed by atoms with Crippen molar-refractivity contribution in [3.05, 3.63) is 77.9 Å². The Bertz CT molecular complexity index is 1400. The molecule has 0 spiro atoms. The van der Waals surface area contributed by atoms with Crippen LogP contribution in [0.1, 0.15) is 17.5 Å². The fourth-order valence-corrected chi connectivity index (χ4v) is 5.06. The third kappa shape index (κ3) is 4.79. The van der Waals surface area contributed by atoms with Crippen LogP contribution in [0.4, 0.5) is 18.9 Å². The van der Waals surface area contributed by atoms with Crippen LogP contribution in [0.25, 0.3) is 22.2 Å². The van der Waals surface area contributed by atoms with Gasteiger partial charge in [-0.1, -0.05) is 30.3 Å². The quantitative estimate of drug-likeness (QED) is 0.335. The van der Waals surface area contributed by atoms with E-state index in [1.54, 1.807) is 30.1 Å². The molecule has 2 aromatic carbocycles. The second-order valence-corrected chi connectivity index (χ2v) is 9.46. The molecule has 194 valence electrons. The normalized spacial score (nSPS) is 18.7. The summed E-state index contributed by atoms with van der Waals surface area (Å²) in [5, 5.41) is 28.7. The summed E-state index contributed by atoms with van der Waals surface area (Å²) in [7, 11) is 1.73. The van der Waals surface area contributed by atoms with Crippen LogP contribution < -0.4 is 10.2 Å². The highest BCUT2D eigenvalue weighted by Gasteiger charge is 2.48. The van der Waals surface area contributed by atoms with Crippen LogP contribution in [0, 0.1) is 5.82 Å². The fourth-order valence-electron chi connectivity index (χ4n) is 5.06. The monoisotopic (exact) mass is 511 g/mol. The zero-order chi connectivity index (χ0) is 26.2. The third-order valence-electron chi connectivity index (χ3n) is 7.18. The number of rotatable bonds is 8. The van der Waals surface area contributed by atoms with Crippen molar-refractivity contribution < 1.29 is 23.4 Å². The molecule has 0 radical (unpaired) electrons. The molecule has 1 saturated heterocycles. The van der Waals surface area contributed by atoms with E-state index in [0.29, 0.717) is 35.6 Å². The summed E-state index contributed by atoms with van der Waals surface area (Å²) < 4.78 is 43.9. The van der Waals surface area contributed by atoms with Crippen molar-refractivity contribution in [2.24, 2.45) is 7.05 Å². The lowest BCUT2D eigenvalue weighted by Gasteiger charge is -2.35. The minimum absolute atomic E-state index is 0.0926. The Morgan fingerprint density at radius 3 is 2.65 bits per heavy atom. The first-order valence-electron chi connectivity index (χ1n) is 12.0. The second-order valence-electron chi connectivity index (χ2n) is 9.46. The van der Waals surface area contributed by atoms with Gasteiger partial charge in [0, 0.05) is 49.3 Å². The van der Waals surface area contributed by atoms with Gasteiger partial charge < -0.3 is 20.4 Å². The van der Waals surface area contributed by atoms with E-state index in [9.17, 15) is 23.4 Å². The van der Waals surface area contributed by atoms with Crippen molar-refractivity contribution in [3.63, 3.8) is 0 Å².